The van der Waals surface area contributed by atoms with Crippen LogP contribution in [0.4, 0.5) is 5.13 Å². The maximum absolute atomic E-state index is 11.1. The number of carbonyl (C=O) groups is 1. The van der Waals surface area contributed by atoms with Gasteiger partial charge in [0.15, 0.2) is 5.13 Å². The van der Waals surface area contributed by atoms with E-state index in [0.29, 0.717) is 5.69 Å². The number of ether oxygens (including phenoxy) is 1. The lowest BCUT2D eigenvalue weighted by molar-refractivity contribution is -0.190. The van der Waals surface area contributed by atoms with Crippen LogP contribution in [0.25, 0.3) is 0 Å². The van der Waals surface area contributed by atoms with Crippen LogP contribution in [0.2, 0.25) is 0 Å². The molecule has 1 saturated heterocycles. The average Bonchev–Trinajstić information content (AvgIpc) is 2.94. The number of nitrogens with zero attached hydrogens (tertiary/aromatic N) is 2. The molecule has 1 aliphatic carbocycles. The van der Waals surface area contributed by atoms with Crippen molar-refractivity contribution in [2.45, 2.75) is 31.5 Å². The van der Waals surface area contributed by atoms with Gasteiger partial charge in [-0.15, -0.1) is 11.3 Å². The summed E-state index contributed by atoms with van der Waals surface area (Å²) in [5, 5.41) is 12.6. The number of hydrogen-bond acceptors (Lipinski definition) is 6. The van der Waals surface area contributed by atoms with Gasteiger partial charge in [-0.2, -0.15) is 0 Å². The first kappa shape index (κ1) is 13.8. The minimum absolute atomic E-state index is 0.0883. The van der Waals surface area contributed by atoms with Crippen molar-refractivity contribution in [3.05, 3.63) is 11.1 Å². The van der Waals surface area contributed by atoms with Crippen LogP contribution in [0.5, 0.6) is 0 Å². The van der Waals surface area contributed by atoms with E-state index < -0.39 is 5.91 Å². The summed E-state index contributed by atoms with van der Waals surface area (Å²) in [6, 6.07) is 0. The van der Waals surface area contributed by atoms with E-state index in [1.807, 2.05) is 0 Å². The predicted octanol–water partition coefficient (Wildman–Crippen LogP) is 0.608. The summed E-state index contributed by atoms with van der Waals surface area (Å²) in [5.41, 5.74) is 5.46. The van der Waals surface area contributed by atoms with Gasteiger partial charge in [0.25, 0.3) is 5.91 Å². The molecule has 2 fully saturated rings. The minimum Gasteiger partial charge on any atom is -0.392 e. The number of nitrogens with two attached hydrogens (primary N) is 1. The third-order valence-electron chi connectivity index (χ3n) is 4.74. The van der Waals surface area contributed by atoms with Gasteiger partial charge in [0, 0.05) is 37.4 Å². The molecule has 0 aromatic carbocycles. The van der Waals surface area contributed by atoms with Gasteiger partial charge in [-0.1, -0.05) is 0 Å². The van der Waals surface area contributed by atoms with E-state index >= 15 is 0 Å². The van der Waals surface area contributed by atoms with E-state index in [0.717, 1.165) is 37.5 Å². The summed E-state index contributed by atoms with van der Waals surface area (Å²) in [5.74, 6) is -0.491. The molecule has 1 amide bonds. The van der Waals surface area contributed by atoms with Gasteiger partial charge in [-0.25, -0.2) is 4.98 Å². The van der Waals surface area contributed by atoms with Crippen molar-refractivity contribution >= 4 is 22.4 Å². The zero-order chi connectivity index (χ0) is 14.3. The van der Waals surface area contributed by atoms with Crippen molar-refractivity contribution in [2.75, 3.05) is 25.1 Å². The topological polar surface area (TPSA) is 88.7 Å². The van der Waals surface area contributed by atoms with Gasteiger partial charge in [0.05, 0.1) is 12.2 Å². The second kappa shape index (κ2) is 4.98. The van der Waals surface area contributed by atoms with Crippen molar-refractivity contribution < 1.29 is 14.6 Å². The molecule has 2 heterocycles. The van der Waals surface area contributed by atoms with Crippen LogP contribution >= 0.6 is 11.3 Å². The van der Waals surface area contributed by atoms with Crippen molar-refractivity contribution in [2.24, 2.45) is 11.1 Å². The Labute approximate surface area is 121 Å². The largest absolute Gasteiger partial charge is 0.392 e. The first-order chi connectivity index (χ1) is 9.56. The summed E-state index contributed by atoms with van der Waals surface area (Å²) >= 11 is 1.44. The second-order valence-corrected chi connectivity index (χ2v) is 6.41. The number of aliphatic hydroxyl groups excluding tert-OH is 1. The highest BCUT2D eigenvalue weighted by molar-refractivity contribution is 7.13. The molecule has 3 rings (SSSR count). The number of aliphatic hydroxyl groups is 1. The molecule has 2 aliphatic rings. The first-order valence-electron chi connectivity index (χ1n) is 6.78. The lowest BCUT2D eigenvalue weighted by atomic mass is 9.58. The molecule has 0 unspecified atom stereocenters. The van der Waals surface area contributed by atoms with Gasteiger partial charge >= 0.3 is 0 Å². The Kier molecular flexibility index (Phi) is 3.43. The van der Waals surface area contributed by atoms with E-state index in [9.17, 15) is 9.90 Å². The Morgan fingerprint density at radius 3 is 2.80 bits per heavy atom. The molecule has 3 N–H and O–H groups in total. The Morgan fingerprint density at radius 2 is 2.30 bits per heavy atom. The number of anilines is 1. The Balaban J connectivity index is 1.67. The van der Waals surface area contributed by atoms with Crippen molar-refractivity contribution in [3.8, 4) is 0 Å². The van der Waals surface area contributed by atoms with E-state index in [4.69, 9.17) is 10.5 Å². The maximum atomic E-state index is 11.1. The lowest BCUT2D eigenvalue weighted by Gasteiger charge is -2.56. The Bertz CT molecular complexity index is 511. The van der Waals surface area contributed by atoms with Crippen LogP contribution in [-0.4, -0.2) is 48.4 Å². The monoisotopic (exact) mass is 297 g/mol. The number of methoxy groups -OCH3 is 1. The zero-order valence-electron chi connectivity index (χ0n) is 11.4. The molecule has 6 nitrogen and oxygen atoms in total. The Morgan fingerprint density at radius 1 is 1.60 bits per heavy atom. The van der Waals surface area contributed by atoms with Gasteiger partial charge in [-0.05, 0) is 12.8 Å². The van der Waals surface area contributed by atoms with Crippen LogP contribution in [0.15, 0.2) is 5.38 Å². The summed E-state index contributed by atoms with van der Waals surface area (Å²) in [6.45, 7) is 1.64. The molecule has 1 saturated carbocycles. The number of primary amides is 1. The predicted molar refractivity (Wildman–Crippen MR) is 75.9 cm³/mol. The van der Waals surface area contributed by atoms with E-state index in [-0.39, 0.29) is 17.6 Å². The average molecular weight is 297 g/mol. The molecule has 110 valence electrons. The van der Waals surface area contributed by atoms with Crippen LogP contribution in [0.3, 0.4) is 0 Å². The van der Waals surface area contributed by atoms with Crippen molar-refractivity contribution in [1.29, 1.82) is 0 Å². The minimum atomic E-state index is -0.491. The van der Waals surface area contributed by atoms with E-state index in [1.165, 1.54) is 11.3 Å². The highest BCUT2D eigenvalue weighted by Crippen LogP contribution is 2.51. The zero-order valence-corrected chi connectivity index (χ0v) is 12.2. The standard InChI is InChI=1S/C13H19N3O3S/c1-19-10-6-9(17)13(10)2-4-16(5-3-13)12-15-8(7-20-12)11(14)18/h7,9-10,17H,2-6H2,1H3,(H2,14,18)/t9-,10+/m1/s1. The fraction of sp³-hybridized carbons (Fsp3) is 0.692. The number of aromatic nitrogens is 1. The molecule has 0 radical (unpaired) electrons. The lowest BCUT2D eigenvalue weighted by Crippen LogP contribution is -2.62. The molecule has 1 aromatic heterocycles. The van der Waals surface area contributed by atoms with Gasteiger partial charge in [0.2, 0.25) is 0 Å². The number of amides is 1. The normalized spacial score (nSPS) is 28.4. The SMILES string of the molecule is CO[C@H]1C[C@@H](O)C12CCN(c1nc(C(N)=O)cs1)CC2. The quantitative estimate of drug-likeness (QED) is 0.853. The van der Waals surface area contributed by atoms with Crippen LogP contribution < -0.4 is 10.6 Å². The van der Waals surface area contributed by atoms with Crippen LogP contribution in [0, 0.1) is 5.41 Å². The Hall–Kier alpha value is -1.18. The summed E-state index contributed by atoms with van der Waals surface area (Å²) in [6.07, 6.45) is 2.42. The van der Waals surface area contributed by atoms with E-state index in [2.05, 4.69) is 9.88 Å². The molecule has 1 aromatic rings. The third kappa shape index (κ3) is 2.01. The number of piperidine rings is 1. The van der Waals surface area contributed by atoms with Crippen LogP contribution in [-0.2, 0) is 4.74 Å². The highest BCUT2D eigenvalue weighted by Gasteiger charge is 2.55. The van der Waals surface area contributed by atoms with E-state index in [1.54, 1.807) is 12.5 Å². The highest BCUT2D eigenvalue weighted by atomic mass is 32.1. The summed E-state index contributed by atoms with van der Waals surface area (Å²) in [7, 11) is 1.71. The molecular formula is C13H19N3O3S. The molecular weight excluding hydrogens is 278 g/mol. The van der Waals surface area contributed by atoms with Crippen molar-refractivity contribution in [1.82, 2.24) is 4.98 Å². The van der Waals surface area contributed by atoms with Gasteiger partial charge < -0.3 is 20.5 Å². The van der Waals surface area contributed by atoms with Gasteiger partial charge in [0.1, 0.15) is 5.69 Å². The molecule has 0 bridgehead atoms. The molecule has 1 aliphatic heterocycles. The fourth-order valence-corrected chi connectivity index (χ4v) is 4.22. The summed E-state index contributed by atoms with van der Waals surface area (Å²) in [4.78, 5) is 17.5. The smallest absolute Gasteiger partial charge is 0.268 e. The van der Waals surface area contributed by atoms with Crippen molar-refractivity contribution in [3.63, 3.8) is 0 Å². The number of carbonyl (C=O) groups excluding carboxylic acids is 1. The molecule has 20 heavy (non-hydrogen) atoms. The first-order valence-corrected chi connectivity index (χ1v) is 7.66. The maximum Gasteiger partial charge on any atom is 0.268 e. The molecule has 7 heteroatoms. The summed E-state index contributed by atoms with van der Waals surface area (Å²) < 4.78 is 5.47. The molecule has 2 atom stereocenters. The fourth-order valence-electron chi connectivity index (χ4n) is 3.35. The molecule has 1 spiro atoms. The number of rotatable bonds is 3. The second-order valence-electron chi connectivity index (χ2n) is 5.58. The third-order valence-corrected chi connectivity index (χ3v) is 5.64. The van der Waals surface area contributed by atoms with Gasteiger partial charge in [-0.3, -0.25) is 4.79 Å². The number of thiazole rings is 1. The number of hydrogen-bond donors (Lipinski definition) is 2. The van der Waals surface area contributed by atoms with Crippen LogP contribution in [0.1, 0.15) is 29.8 Å².